The van der Waals surface area contributed by atoms with Crippen LogP contribution < -0.4 is 16.6 Å². The third-order valence-corrected chi connectivity index (χ3v) is 2.97. The number of rotatable bonds is 4. The van der Waals surface area contributed by atoms with E-state index >= 15 is 0 Å². The van der Waals surface area contributed by atoms with Gasteiger partial charge in [0.15, 0.2) is 0 Å². The number of nitrogens with one attached hydrogen (secondary N) is 2. The van der Waals surface area contributed by atoms with Crippen LogP contribution in [-0.4, -0.2) is 31.8 Å². The molecular weight excluding hydrogens is 204 g/mol. The van der Waals surface area contributed by atoms with Crippen LogP contribution in [0.2, 0.25) is 0 Å². The normalized spacial score (nSPS) is 20.6. The van der Waals surface area contributed by atoms with Crippen molar-refractivity contribution in [2.75, 3.05) is 19.8 Å². The number of ether oxygens (including phenoxy) is 1. The number of hydrogen-bond acceptors (Lipinski definition) is 3. The van der Waals surface area contributed by atoms with Gasteiger partial charge in [-0.25, -0.2) is 5.84 Å². The summed E-state index contributed by atoms with van der Waals surface area (Å²) in [4.78, 5) is 4.33. The van der Waals surface area contributed by atoms with Gasteiger partial charge in [-0.3, -0.25) is 10.4 Å². The Labute approximate surface area is 97.8 Å². The first-order valence-corrected chi connectivity index (χ1v) is 6.13. The minimum Gasteiger partial charge on any atom is -0.381 e. The highest BCUT2D eigenvalue weighted by molar-refractivity contribution is 5.79. The van der Waals surface area contributed by atoms with Crippen molar-refractivity contribution in [3.63, 3.8) is 0 Å². The Balaban J connectivity index is 2.37. The Kier molecular flexibility index (Phi) is 6.18. The van der Waals surface area contributed by atoms with Crippen LogP contribution in [0.5, 0.6) is 0 Å². The smallest absolute Gasteiger partial charge is 0.205 e. The second-order valence-electron chi connectivity index (χ2n) is 4.26. The van der Waals surface area contributed by atoms with Gasteiger partial charge in [-0.2, -0.15) is 0 Å². The van der Waals surface area contributed by atoms with Gasteiger partial charge in [-0.15, -0.1) is 0 Å². The van der Waals surface area contributed by atoms with E-state index in [0.29, 0.717) is 17.9 Å². The van der Waals surface area contributed by atoms with Gasteiger partial charge in [0, 0.05) is 25.8 Å². The number of nitrogens with zero attached hydrogens (tertiary/aromatic N) is 1. The highest BCUT2D eigenvalue weighted by Gasteiger charge is 2.20. The largest absolute Gasteiger partial charge is 0.381 e. The fourth-order valence-corrected chi connectivity index (χ4v) is 1.91. The maximum atomic E-state index is 5.42. The van der Waals surface area contributed by atoms with Crippen LogP contribution in [0.25, 0.3) is 0 Å². The monoisotopic (exact) mass is 228 g/mol. The van der Waals surface area contributed by atoms with Gasteiger partial charge in [0.1, 0.15) is 0 Å². The van der Waals surface area contributed by atoms with Crippen molar-refractivity contribution < 1.29 is 4.74 Å². The fraction of sp³-hybridized carbons (Fsp3) is 0.909. The van der Waals surface area contributed by atoms with Crippen molar-refractivity contribution >= 4 is 5.96 Å². The molecule has 0 aliphatic carbocycles. The Morgan fingerprint density at radius 2 is 2.19 bits per heavy atom. The molecule has 0 aromatic rings. The molecule has 1 unspecified atom stereocenters. The molecule has 0 spiro atoms. The van der Waals surface area contributed by atoms with Gasteiger partial charge in [0.05, 0.1) is 0 Å². The van der Waals surface area contributed by atoms with E-state index in [1.165, 1.54) is 0 Å². The van der Waals surface area contributed by atoms with Gasteiger partial charge in [-0.1, -0.05) is 6.92 Å². The van der Waals surface area contributed by atoms with Crippen LogP contribution >= 0.6 is 0 Å². The van der Waals surface area contributed by atoms with E-state index in [4.69, 9.17) is 10.6 Å². The van der Waals surface area contributed by atoms with Crippen LogP contribution in [0.3, 0.4) is 0 Å². The molecule has 1 aliphatic heterocycles. The first-order valence-electron chi connectivity index (χ1n) is 6.13. The van der Waals surface area contributed by atoms with Gasteiger partial charge in [0.2, 0.25) is 5.96 Å². The van der Waals surface area contributed by atoms with Crippen molar-refractivity contribution in [3.05, 3.63) is 0 Å². The van der Waals surface area contributed by atoms with Crippen molar-refractivity contribution in [1.82, 2.24) is 10.7 Å². The maximum absolute atomic E-state index is 5.42. The van der Waals surface area contributed by atoms with Gasteiger partial charge < -0.3 is 10.1 Å². The summed E-state index contributed by atoms with van der Waals surface area (Å²) in [6.45, 7) is 6.81. The third kappa shape index (κ3) is 4.37. The molecule has 0 bridgehead atoms. The molecule has 0 saturated carbocycles. The number of aliphatic imine (C=N–C) groups is 1. The Morgan fingerprint density at radius 3 is 2.75 bits per heavy atom. The number of nitrogens with two attached hydrogens (primary N) is 1. The quantitative estimate of drug-likeness (QED) is 0.285. The Hall–Kier alpha value is -0.810. The predicted octanol–water partition coefficient (Wildman–Crippen LogP) is 0.620. The summed E-state index contributed by atoms with van der Waals surface area (Å²) in [6, 6.07) is 0.385. The van der Waals surface area contributed by atoms with Crippen molar-refractivity contribution in [1.29, 1.82) is 0 Å². The molecule has 4 N–H and O–H groups in total. The highest BCUT2D eigenvalue weighted by atomic mass is 16.5. The van der Waals surface area contributed by atoms with E-state index in [9.17, 15) is 0 Å². The number of hydrazine groups is 1. The zero-order valence-electron chi connectivity index (χ0n) is 10.3. The Morgan fingerprint density at radius 1 is 1.50 bits per heavy atom. The molecule has 1 atom stereocenters. The molecule has 5 heteroatoms. The standard InChI is InChI=1S/C11H24N4O/c1-3-6-13-11(15-12)14-9(2)10-4-7-16-8-5-10/h9-10H,3-8,12H2,1-2H3,(H2,13,14,15). The van der Waals surface area contributed by atoms with Crippen LogP contribution in [0.1, 0.15) is 33.1 Å². The minimum atomic E-state index is 0.385. The first kappa shape index (κ1) is 13.3. The van der Waals surface area contributed by atoms with Crippen LogP contribution in [0.15, 0.2) is 4.99 Å². The minimum absolute atomic E-state index is 0.385. The summed E-state index contributed by atoms with van der Waals surface area (Å²) in [7, 11) is 0. The molecule has 0 aromatic heterocycles. The molecule has 1 saturated heterocycles. The van der Waals surface area contributed by atoms with E-state index in [1.807, 2.05) is 0 Å². The number of hydrogen-bond donors (Lipinski definition) is 3. The molecule has 0 radical (unpaired) electrons. The van der Waals surface area contributed by atoms with Crippen LogP contribution in [-0.2, 0) is 4.74 Å². The lowest BCUT2D eigenvalue weighted by molar-refractivity contribution is 0.0581. The third-order valence-electron chi connectivity index (χ3n) is 2.97. The van der Waals surface area contributed by atoms with Crippen LogP contribution in [0, 0.1) is 5.92 Å². The van der Waals surface area contributed by atoms with E-state index in [0.717, 1.165) is 39.0 Å². The molecule has 94 valence electrons. The molecule has 16 heavy (non-hydrogen) atoms. The molecule has 1 aliphatic rings. The van der Waals surface area contributed by atoms with Gasteiger partial charge in [0.25, 0.3) is 0 Å². The van der Waals surface area contributed by atoms with E-state index in [-0.39, 0.29) is 0 Å². The fourth-order valence-electron chi connectivity index (χ4n) is 1.91. The summed E-state index contributed by atoms with van der Waals surface area (Å²) in [5.41, 5.74) is 2.61. The van der Waals surface area contributed by atoms with Crippen molar-refractivity contribution in [3.8, 4) is 0 Å². The average Bonchev–Trinajstić information content (AvgIpc) is 2.35. The lowest BCUT2D eigenvalue weighted by Gasteiger charge is -2.29. The molecule has 1 heterocycles. The topological polar surface area (TPSA) is 71.7 Å². The maximum Gasteiger partial charge on any atom is 0.205 e. The van der Waals surface area contributed by atoms with E-state index < -0.39 is 0 Å². The number of guanidine groups is 1. The summed E-state index contributed by atoms with van der Waals surface area (Å²) in [5.74, 6) is 6.77. The SMILES string of the molecule is CCCN=C(NN)NC(C)C1CCOCC1. The molecule has 1 rings (SSSR count). The van der Waals surface area contributed by atoms with Crippen molar-refractivity contribution in [2.24, 2.45) is 16.8 Å². The average molecular weight is 228 g/mol. The lowest BCUT2D eigenvalue weighted by atomic mass is 9.93. The lowest BCUT2D eigenvalue weighted by Crippen LogP contribution is -2.48. The summed E-state index contributed by atoms with van der Waals surface area (Å²) in [6.07, 6.45) is 3.25. The molecule has 5 nitrogen and oxygen atoms in total. The highest BCUT2D eigenvalue weighted by Crippen LogP contribution is 2.18. The summed E-state index contributed by atoms with van der Waals surface area (Å²) < 4.78 is 5.35. The zero-order chi connectivity index (χ0) is 11.8. The zero-order valence-corrected chi connectivity index (χ0v) is 10.3. The predicted molar refractivity (Wildman–Crippen MR) is 66.1 cm³/mol. The molecular formula is C11H24N4O. The van der Waals surface area contributed by atoms with E-state index in [2.05, 4.69) is 29.6 Å². The molecule has 1 fully saturated rings. The van der Waals surface area contributed by atoms with Crippen molar-refractivity contribution in [2.45, 2.75) is 39.2 Å². The summed E-state index contributed by atoms with van der Waals surface area (Å²) in [5, 5.41) is 3.33. The molecule has 0 amide bonds. The van der Waals surface area contributed by atoms with Crippen LogP contribution in [0.4, 0.5) is 0 Å². The Bertz CT molecular complexity index is 214. The second kappa shape index (κ2) is 7.46. The second-order valence-corrected chi connectivity index (χ2v) is 4.26. The summed E-state index contributed by atoms with van der Waals surface area (Å²) >= 11 is 0. The molecule has 0 aromatic carbocycles. The van der Waals surface area contributed by atoms with Gasteiger partial charge in [-0.05, 0) is 32.1 Å². The first-order chi connectivity index (χ1) is 7.77. The van der Waals surface area contributed by atoms with E-state index in [1.54, 1.807) is 0 Å². The van der Waals surface area contributed by atoms with Gasteiger partial charge >= 0.3 is 0 Å².